The van der Waals surface area contributed by atoms with Gasteiger partial charge >= 0.3 is 0 Å². The fourth-order valence-electron chi connectivity index (χ4n) is 3.41. The number of sulfonamides is 1. The summed E-state index contributed by atoms with van der Waals surface area (Å²) in [6.45, 7) is 4.10. The van der Waals surface area contributed by atoms with Crippen molar-refractivity contribution in [1.29, 1.82) is 0 Å². The zero-order valence-electron chi connectivity index (χ0n) is 18.9. The molecule has 1 unspecified atom stereocenters. The Morgan fingerprint density at radius 2 is 1.67 bits per heavy atom. The van der Waals surface area contributed by atoms with E-state index in [9.17, 15) is 22.4 Å². The van der Waals surface area contributed by atoms with Crippen LogP contribution in [0.2, 0.25) is 0 Å². The molecule has 1 atom stereocenters. The molecule has 0 radical (unpaired) electrons. The maximum absolute atomic E-state index is 13.3. The Morgan fingerprint density at radius 3 is 2.24 bits per heavy atom. The molecular weight excluding hydrogens is 445 g/mol. The van der Waals surface area contributed by atoms with E-state index in [1.165, 1.54) is 29.2 Å². The number of rotatable bonds is 11. The molecule has 1 aliphatic rings. The van der Waals surface area contributed by atoms with Gasteiger partial charge in [-0.25, -0.2) is 17.5 Å². The molecule has 1 fully saturated rings. The SMILES string of the molecule is CCNC(=O)C(C)N(Cc1ccc(F)cc1)C(=O)CCc1ccc(S(=O)(=O)NC2CC2)cc1. The topological polar surface area (TPSA) is 95.6 Å². The quantitative estimate of drug-likeness (QED) is 0.522. The Hall–Kier alpha value is -2.78. The van der Waals surface area contributed by atoms with E-state index in [-0.39, 0.29) is 41.5 Å². The summed E-state index contributed by atoms with van der Waals surface area (Å²) >= 11 is 0. The van der Waals surface area contributed by atoms with E-state index in [0.717, 1.165) is 24.0 Å². The number of halogens is 1. The minimum absolute atomic E-state index is 0.0336. The maximum Gasteiger partial charge on any atom is 0.242 e. The third kappa shape index (κ3) is 7.10. The van der Waals surface area contributed by atoms with Crippen molar-refractivity contribution in [2.24, 2.45) is 0 Å². The molecule has 0 aliphatic heterocycles. The van der Waals surface area contributed by atoms with Gasteiger partial charge in [-0.05, 0) is 68.5 Å². The molecule has 7 nitrogen and oxygen atoms in total. The summed E-state index contributed by atoms with van der Waals surface area (Å²) in [4.78, 5) is 27.1. The lowest BCUT2D eigenvalue weighted by molar-refractivity contribution is -0.140. The number of amides is 2. The van der Waals surface area contributed by atoms with Crippen LogP contribution < -0.4 is 10.0 Å². The van der Waals surface area contributed by atoms with Crippen LogP contribution in [0.4, 0.5) is 4.39 Å². The molecule has 0 spiro atoms. The molecule has 2 aromatic carbocycles. The number of likely N-dealkylation sites (N-methyl/N-ethyl adjacent to an activating group) is 1. The molecule has 0 bridgehead atoms. The van der Waals surface area contributed by atoms with Crippen molar-refractivity contribution in [3.8, 4) is 0 Å². The van der Waals surface area contributed by atoms with Gasteiger partial charge in [0.2, 0.25) is 21.8 Å². The van der Waals surface area contributed by atoms with Gasteiger partial charge in [-0.2, -0.15) is 0 Å². The Bertz CT molecular complexity index is 1070. The number of aryl methyl sites for hydroxylation is 1. The molecule has 2 N–H and O–H groups in total. The van der Waals surface area contributed by atoms with Crippen LogP contribution in [-0.2, 0) is 32.6 Å². The van der Waals surface area contributed by atoms with E-state index in [0.29, 0.717) is 13.0 Å². The molecule has 0 saturated heterocycles. The molecule has 1 saturated carbocycles. The first-order valence-corrected chi connectivity index (χ1v) is 12.6. The van der Waals surface area contributed by atoms with E-state index in [2.05, 4.69) is 10.0 Å². The second kappa shape index (κ2) is 10.9. The molecule has 2 amide bonds. The highest BCUT2D eigenvalue weighted by Crippen LogP contribution is 2.22. The number of carbonyl (C=O) groups is 2. The van der Waals surface area contributed by atoms with Crippen LogP contribution in [0.3, 0.4) is 0 Å². The van der Waals surface area contributed by atoms with Crippen LogP contribution >= 0.6 is 0 Å². The highest BCUT2D eigenvalue weighted by atomic mass is 32.2. The van der Waals surface area contributed by atoms with Crippen molar-refractivity contribution in [3.63, 3.8) is 0 Å². The summed E-state index contributed by atoms with van der Waals surface area (Å²) in [5.41, 5.74) is 1.54. The van der Waals surface area contributed by atoms with E-state index in [4.69, 9.17) is 0 Å². The lowest BCUT2D eigenvalue weighted by Gasteiger charge is -2.28. The fourth-order valence-corrected chi connectivity index (χ4v) is 4.71. The lowest BCUT2D eigenvalue weighted by Crippen LogP contribution is -2.47. The van der Waals surface area contributed by atoms with Crippen LogP contribution in [0.1, 0.15) is 44.2 Å². The summed E-state index contributed by atoms with van der Waals surface area (Å²) < 4.78 is 40.5. The van der Waals surface area contributed by atoms with Crippen molar-refractivity contribution in [3.05, 3.63) is 65.5 Å². The molecule has 2 aromatic rings. The van der Waals surface area contributed by atoms with Crippen LogP contribution in [-0.4, -0.2) is 43.8 Å². The van der Waals surface area contributed by atoms with Gasteiger partial charge in [0.1, 0.15) is 11.9 Å². The molecule has 0 aromatic heterocycles. The van der Waals surface area contributed by atoms with Gasteiger partial charge in [-0.1, -0.05) is 24.3 Å². The van der Waals surface area contributed by atoms with Gasteiger partial charge in [0.25, 0.3) is 0 Å². The molecule has 33 heavy (non-hydrogen) atoms. The Balaban J connectivity index is 1.66. The second-order valence-electron chi connectivity index (χ2n) is 8.26. The molecule has 178 valence electrons. The monoisotopic (exact) mass is 475 g/mol. The van der Waals surface area contributed by atoms with E-state index in [1.807, 2.05) is 0 Å². The van der Waals surface area contributed by atoms with Crippen LogP contribution in [0, 0.1) is 5.82 Å². The van der Waals surface area contributed by atoms with Gasteiger partial charge in [0, 0.05) is 25.6 Å². The normalized spacial score (nSPS) is 14.5. The number of carbonyl (C=O) groups excluding carboxylic acids is 2. The van der Waals surface area contributed by atoms with Gasteiger partial charge in [0.15, 0.2) is 0 Å². The second-order valence-corrected chi connectivity index (χ2v) is 9.97. The van der Waals surface area contributed by atoms with Crippen molar-refractivity contribution >= 4 is 21.8 Å². The zero-order valence-corrected chi connectivity index (χ0v) is 19.7. The lowest BCUT2D eigenvalue weighted by atomic mass is 10.1. The largest absolute Gasteiger partial charge is 0.355 e. The molecule has 1 aliphatic carbocycles. The van der Waals surface area contributed by atoms with Gasteiger partial charge < -0.3 is 10.2 Å². The number of nitrogens with one attached hydrogen (secondary N) is 2. The van der Waals surface area contributed by atoms with Crippen molar-refractivity contribution < 1.29 is 22.4 Å². The summed E-state index contributed by atoms with van der Waals surface area (Å²) in [6, 6.07) is 11.7. The first kappa shape index (κ1) is 24.9. The molecular formula is C24H30FN3O4S. The third-order valence-corrected chi connectivity index (χ3v) is 7.08. The Morgan fingerprint density at radius 1 is 1.06 bits per heavy atom. The summed E-state index contributed by atoms with van der Waals surface area (Å²) in [7, 11) is -3.52. The summed E-state index contributed by atoms with van der Waals surface area (Å²) in [5, 5.41) is 2.73. The molecule has 3 rings (SSSR count). The van der Waals surface area contributed by atoms with E-state index >= 15 is 0 Å². The predicted octanol–water partition coefficient (Wildman–Crippen LogP) is 2.75. The predicted molar refractivity (Wildman–Crippen MR) is 123 cm³/mol. The first-order valence-electron chi connectivity index (χ1n) is 11.1. The number of hydrogen-bond acceptors (Lipinski definition) is 4. The fraction of sp³-hybridized carbons (Fsp3) is 0.417. The third-order valence-electron chi connectivity index (χ3n) is 5.54. The molecule has 9 heteroatoms. The van der Waals surface area contributed by atoms with E-state index < -0.39 is 16.1 Å². The maximum atomic E-state index is 13.3. The smallest absolute Gasteiger partial charge is 0.242 e. The van der Waals surface area contributed by atoms with Crippen molar-refractivity contribution in [1.82, 2.24) is 14.9 Å². The van der Waals surface area contributed by atoms with Gasteiger partial charge in [0.05, 0.1) is 4.90 Å². The standard InChI is InChI=1S/C24H30FN3O4S/c1-3-26-24(30)17(2)28(16-19-4-9-20(25)10-5-19)23(29)15-8-18-6-13-22(14-7-18)33(31,32)27-21-11-12-21/h4-7,9-10,13-14,17,21,27H,3,8,11-12,15-16H2,1-2H3,(H,26,30). The van der Waals surface area contributed by atoms with Gasteiger partial charge in [-0.15, -0.1) is 0 Å². The number of nitrogens with zero attached hydrogens (tertiary/aromatic N) is 1. The minimum atomic E-state index is -3.52. The van der Waals surface area contributed by atoms with Crippen molar-refractivity contribution in [2.75, 3.05) is 6.54 Å². The van der Waals surface area contributed by atoms with Crippen LogP contribution in [0.25, 0.3) is 0 Å². The summed E-state index contributed by atoms with van der Waals surface area (Å²) in [5.74, 6) is -0.845. The van der Waals surface area contributed by atoms with Crippen molar-refractivity contribution in [2.45, 2.75) is 63.1 Å². The molecule has 0 heterocycles. The summed E-state index contributed by atoms with van der Waals surface area (Å²) in [6.07, 6.45) is 2.28. The average molecular weight is 476 g/mol. The van der Waals surface area contributed by atoms with Gasteiger partial charge in [-0.3, -0.25) is 9.59 Å². The highest BCUT2D eigenvalue weighted by Gasteiger charge is 2.28. The first-order chi connectivity index (χ1) is 15.7. The highest BCUT2D eigenvalue weighted by molar-refractivity contribution is 7.89. The number of hydrogen-bond donors (Lipinski definition) is 2. The van der Waals surface area contributed by atoms with Crippen LogP contribution in [0.5, 0.6) is 0 Å². The van der Waals surface area contributed by atoms with Crippen LogP contribution in [0.15, 0.2) is 53.4 Å². The Kier molecular flexibility index (Phi) is 8.20. The van der Waals surface area contributed by atoms with E-state index in [1.54, 1.807) is 38.1 Å². The zero-order chi connectivity index (χ0) is 24.0. The average Bonchev–Trinajstić information content (AvgIpc) is 3.60. The minimum Gasteiger partial charge on any atom is -0.355 e. The Labute approximate surface area is 194 Å². The number of benzene rings is 2.